The summed E-state index contributed by atoms with van der Waals surface area (Å²) >= 11 is 18.9. The molecule has 0 radical (unpaired) electrons. The van der Waals surface area contributed by atoms with E-state index in [1.165, 1.54) is 16.7 Å². The molecule has 0 N–H and O–H groups in total. The van der Waals surface area contributed by atoms with Crippen LogP contribution in [0.25, 0.3) is 6.08 Å². The third-order valence-corrected chi connectivity index (χ3v) is 6.30. The van der Waals surface area contributed by atoms with E-state index in [1.807, 2.05) is 60.7 Å². The first-order chi connectivity index (χ1) is 14.5. The minimum absolute atomic E-state index is 0.161. The second-order valence-corrected chi connectivity index (χ2v) is 8.97. The molecule has 150 valence electrons. The zero-order valence-corrected chi connectivity index (χ0v) is 18.7. The first-order valence-electron chi connectivity index (χ1n) is 9.01. The molecule has 0 aromatic heterocycles. The smallest absolute Gasteiger partial charge is 0.270 e. The fraction of sp³-hybridized carbons (Fsp3) is 0.0435. The first-order valence-corrected chi connectivity index (χ1v) is 11.0. The van der Waals surface area contributed by atoms with E-state index < -0.39 is 0 Å². The van der Waals surface area contributed by atoms with Crippen molar-refractivity contribution in [2.75, 3.05) is 4.90 Å². The molecule has 7 heteroatoms. The third kappa shape index (κ3) is 4.71. The number of ether oxygens (including phenoxy) is 1. The van der Waals surface area contributed by atoms with Gasteiger partial charge in [0.15, 0.2) is 4.32 Å². The predicted molar refractivity (Wildman–Crippen MR) is 129 cm³/mol. The maximum Gasteiger partial charge on any atom is 0.270 e. The summed E-state index contributed by atoms with van der Waals surface area (Å²) in [5.74, 6) is 0.560. The normalized spacial score (nSPS) is 15.1. The number of benzene rings is 3. The predicted octanol–water partition coefficient (Wildman–Crippen LogP) is 6.98. The van der Waals surface area contributed by atoms with Crippen molar-refractivity contribution in [2.24, 2.45) is 0 Å². The molecule has 0 unspecified atom stereocenters. The molecule has 3 aromatic rings. The Hall–Kier alpha value is -2.31. The van der Waals surface area contributed by atoms with Crippen LogP contribution < -0.4 is 9.64 Å². The van der Waals surface area contributed by atoms with Gasteiger partial charge in [-0.3, -0.25) is 9.69 Å². The molecule has 1 fully saturated rings. The second-order valence-electron chi connectivity index (χ2n) is 6.45. The van der Waals surface area contributed by atoms with Gasteiger partial charge in [-0.15, -0.1) is 0 Å². The Morgan fingerprint density at radius 2 is 1.77 bits per heavy atom. The van der Waals surface area contributed by atoms with E-state index in [-0.39, 0.29) is 5.91 Å². The summed E-state index contributed by atoms with van der Waals surface area (Å²) in [6.45, 7) is 0.386. The van der Waals surface area contributed by atoms with Gasteiger partial charge in [-0.2, -0.15) is 0 Å². The molecule has 0 spiro atoms. The van der Waals surface area contributed by atoms with Crippen molar-refractivity contribution in [1.82, 2.24) is 0 Å². The van der Waals surface area contributed by atoms with E-state index in [0.29, 0.717) is 31.6 Å². The Morgan fingerprint density at radius 3 is 2.50 bits per heavy atom. The first kappa shape index (κ1) is 20.9. The number of halogens is 2. The van der Waals surface area contributed by atoms with Crippen molar-refractivity contribution in [2.45, 2.75) is 6.61 Å². The van der Waals surface area contributed by atoms with Gasteiger partial charge in [-0.05, 0) is 48.0 Å². The van der Waals surface area contributed by atoms with Crippen LogP contribution in [0.15, 0.2) is 77.7 Å². The van der Waals surface area contributed by atoms with Gasteiger partial charge in [0.2, 0.25) is 0 Å². The second kappa shape index (κ2) is 9.23. The van der Waals surface area contributed by atoms with Crippen LogP contribution in [0, 0.1) is 0 Å². The van der Waals surface area contributed by atoms with Crippen molar-refractivity contribution in [1.29, 1.82) is 0 Å². The number of hydrogen-bond donors (Lipinski definition) is 0. The zero-order valence-electron chi connectivity index (χ0n) is 15.5. The van der Waals surface area contributed by atoms with E-state index in [9.17, 15) is 4.79 Å². The molecule has 1 amide bonds. The van der Waals surface area contributed by atoms with Crippen molar-refractivity contribution in [3.63, 3.8) is 0 Å². The standard InChI is InChI=1S/C23H15Cl2NO2S2/c24-17-5-3-6-18(13-17)26-22(27)21(30-23(26)29)12-15-8-10-19(11-9-15)28-14-16-4-1-2-7-20(16)25/h1-13H,14H2/b21-12-. The molecule has 1 saturated heterocycles. The Labute approximate surface area is 194 Å². The van der Waals surface area contributed by atoms with Crippen molar-refractivity contribution < 1.29 is 9.53 Å². The van der Waals surface area contributed by atoms with Gasteiger partial charge in [0, 0.05) is 15.6 Å². The van der Waals surface area contributed by atoms with E-state index in [0.717, 1.165) is 16.9 Å². The fourth-order valence-electron chi connectivity index (χ4n) is 2.89. The van der Waals surface area contributed by atoms with Gasteiger partial charge >= 0.3 is 0 Å². The van der Waals surface area contributed by atoms with Crippen molar-refractivity contribution in [3.8, 4) is 5.75 Å². The van der Waals surface area contributed by atoms with E-state index in [2.05, 4.69) is 0 Å². The third-order valence-electron chi connectivity index (χ3n) is 4.39. The van der Waals surface area contributed by atoms with E-state index in [1.54, 1.807) is 18.2 Å². The minimum atomic E-state index is -0.161. The molecular formula is C23H15Cl2NO2S2. The lowest BCUT2D eigenvalue weighted by Crippen LogP contribution is -2.27. The molecule has 3 aromatic carbocycles. The summed E-state index contributed by atoms with van der Waals surface area (Å²) in [4.78, 5) is 14.9. The lowest BCUT2D eigenvalue weighted by molar-refractivity contribution is -0.113. The van der Waals surface area contributed by atoms with Gasteiger partial charge < -0.3 is 4.74 Å². The summed E-state index contributed by atoms with van der Waals surface area (Å²) in [5, 5.41) is 1.23. The number of anilines is 1. The summed E-state index contributed by atoms with van der Waals surface area (Å²) < 4.78 is 6.28. The van der Waals surface area contributed by atoms with Gasteiger partial charge in [0.05, 0.1) is 10.6 Å². The van der Waals surface area contributed by atoms with Crippen LogP contribution in [0.3, 0.4) is 0 Å². The number of amides is 1. The maximum absolute atomic E-state index is 12.9. The molecule has 4 rings (SSSR count). The molecule has 0 bridgehead atoms. The molecule has 0 aliphatic carbocycles. The molecule has 1 aliphatic rings. The summed E-state index contributed by atoms with van der Waals surface area (Å²) in [6, 6.07) is 22.2. The Balaban J connectivity index is 1.46. The highest BCUT2D eigenvalue weighted by Crippen LogP contribution is 2.36. The highest BCUT2D eigenvalue weighted by molar-refractivity contribution is 8.27. The van der Waals surface area contributed by atoms with Crippen LogP contribution in [-0.4, -0.2) is 10.2 Å². The minimum Gasteiger partial charge on any atom is -0.489 e. The van der Waals surface area contributed by atoms with Crippen molar-refractivity contribution >= 4 is 69.2 Å². The van der Waals surface area contributed by atoms with Crippen LogP contribution in [-0.2, 0) is 11.4 Å². The van der Waals surface area contributed by atoms with E-state index >= 15 is 0 Å². The monoisotopic (exact) mass is 471 g/mol. The number of carbonyl (C=O) groups is 1. The number of carbonyl (C=O) groups excluding carboxylic acids is 1. The van der Waals surface area contributed by atoms with Crippen LogP contribution in [0.2, 0.25) is 10.0 Å². The summed E-state index contributed by atoms with van der Waals surface area (Å²) in [5.41, 5.74) is 2.47. The topological polar surface area (TPSA) is 29.5 Å². The average Bonchev–Trinajstić information content (AvgIpc) is 3.01. The Kier molecular flexibility index (Phi) is 6.44. The molecule has 1 heterocycles. The van der Waals surface area contributed by atoms with Gasteiger partial charge in [-0.25, -0.2) is 0 Å². The average molecular weight is 472 g/mol. The highest BCUT2D eigenvalue weighted by Gasteiger charge is 2.33. The molecule has 0 saturated carbocycles. The number of nitrogens with zero attached hydrogens (tertiary/aromatic N) is 1. The van der Waals surface area contributed by atoms with Crippen molar-refractivity contribution in [3.05, 3.63) is 98.9 Å². The molecule has 30 heavy (non-hydrogen) atoms. The summed E-state index contributed by atoms with van der Waals surface area (Å²) in [6.07, 6.45) is 1.82. The SMILES string of the molecule is O=C1/C(=C/c2ccc(OCc3ccccc3Cl)cc2)SC(=S)N1c1cccc(Cl)c1. The quantitative estimate of drug-likeness (QED) is 0.296. The fourth-order valence-corrected chi connectivity index (χ4v) is 4.57. The van der Waals surface area contributed by atoms with Gasteiger partial charge in [0.25, 0.3) is 5.91 Å². The maximum atomic E-state index is 12.9. The van der Waals surface area contributed by atoms with Crippen LogP contribution in [0.5, 0.6) is 5.75 Å². The molecule has 3 nitrogen and oxygen atoms in total. The van der Waals surface area contributed by atoms with Crippen LogP contribution in [0.1, 0.15) is 11.1 Å². The van der Waals surface area contributed by atoms with Crippen LogP contribution >= 0.6 is 47.2 Å². The van der Waals surface area contributed by atoms with Crippen LogP contribution in [0.4, 0.5) is 5.69 Å². The Morgan fingerprint density at radius 1 is 1.00 bits per heavy atom. The van der Waals surface area contributed by atoms with Gasteiger partial charge in [-0.1, -0.05) is 83.6 Å². The van der Waals surface area contributed by atoms with E-state index in [4.69, 9.17) is 40.2 Å². The zero-order chi connectivity index (χ0) is 21.1. The molecule has 1 aliphatic heterocycles. The highest BCUT2D eigenvalue weighted by atomic mass is 35.5. The molecular weight excluding hydrogens is 457 g/mol. The number of hydrogen-bond acceptors (Lipinski definition) is 4. The lowest BCUT2D eigenvalue weighted by atomic mass is 10.2. The lowest BCUT2D eigenvalue weighted by Gasteiger charge is -2.14. The number of thiocarbonyl (C=S) groups is 1. The number of thioether (sulfide) groups is 1. The van der Waals surface area contributed by atoms with Gasteiger partial charge in [0.1, 0.15) is 12.4 Å². The summed E-state index contributed by atoms with van der Waals surface area (Å²) in [7, 11) is 0. The largest absolute Gasteiger partial charge is 0.489 e. The Bertz CT molecular complexity index is 1150. The number of rotatable bonds is 5. The molecule has 0 atom stereocenters.